The topological polar surface area (TPSA) is 75.7 Å². The zero-order valence-corrected chi connectivity index (χ0v) is 17.3. The van der Waals surface area contributed by atoms with Gasteiger partial charge in [-0.1, -0.05) is 36.4 Å². The lowest BCUT2D eigenvalue weighted by Crippen LogP contribution is -2.32. The summed E-state index contributed by atoms with van der Waals surface area (Å²) >= 11 is 0. The fraction of sp³-hybridized carbons (Fsp3) is 0.174. The highest BCUT2D eigenvalue weighted by Crippen LogP contribution is 2.31. The third-order valence-corrected chi connectivity index (χ3v) is 6.96. The summed E-state index contributed by atoms with van der Waals surface area (Å²) in [5.74, 6) is 0.525. The Morgan fingerprint density at radius 1 is 0.967 bits per heavy atom. The summed E-state index contributed by atoms with van der Waals surface area (Å²) in [5.41, 5.74) is 1.92. The number of carbonyl (C=O) groups is 1. The maximum Gasteiger partial charge on any atom is 0.264 e. The first-order chi connectivity index (χ1) is 14.5. The normalized spacial score (nSPS) is 15.6. The molecule has 0 saturated carbocycles. The molecule has 1 aliphatic heterocycles. The second-order valence-corrected chi connectivity index (χ2v) is 9.00. The number of fused-ring (bicyclic) bond motifs is 1. The summed E-state index contributed by atoms with van der Waals surface area (Å²) in [5, 5.41) is 3.02. The zero-order chi connectivity index (χ0) is 21.1. The van der Waals surface area contributed by atoms with Crippen LogP contribution in [0.15, 0.2) is 83.8 Å². The lowest BCUT2D eigenvalue weighted by molar-refractivity contribution is 0.0924. The summed E-state index contributed by atoms with van der Waals surface area (Å²) in [7, 11) is -2.21. The number of ether oxygens (including phenoxy) is 1. The SMILES string of the molecule is CN(c1ccccc1)S(=O)(=O)c1ccc(C(=O)N[C@H]2CCOc3ccccc32)cc1. The number of para-hydroxylation sites is 2. The van der Waals surface area contributed by atoms with Gasteiger partial charge in [-0.25, -0.2) is 8.42 Å². The second-order valence-electron chi connectivity index (χ2n) is 7.03. The molecule has 3 aromatic rings. The van der Waals surface area contributed by atoms with E-state index in [0.29, 0.717) is 24.3 Å². The first-order valence-corrected chi connectivity index (χ1v) is 11.1. The monoisotopic (exact) mass is 422 g/mol. The Hall–Kier alpha value is -3.32. The van der Waals surface area contributed by atoms with Gasteiger partial charge in [0.2, 0.25) is 0 Å². The van der Waals surface area contributed by atoms with Gasteiger partial charge in [-0.3, -0.25) is 9.10 Å². The van der Waals surface area contributed by atoms with Gasteiger partial charge in [0.25, 0.3) is 15.9 Å². The van der Waals surface area contributed by atoms with Gasteiger partial charge < -0.3 is 10.1 Å². The van der Waals surface area contributed by atoms with E-state index in [-0.39, 0.29) is 16.8 Å². The summed E-state index contributed by atoms with van der Waals surface area (Å²) in [4.78, 5) is 12.9. The predicted octanol–water partition coefficient (Wildman–Crippen LogP) is 3.77. The Kier molecular flexibility index (Phi) is 5.46. The molecule has 4 rings (SSSR count). The number of rotatable bonds is 5. The van der Waals surface area contributed by atoms with Crippen molar-refractivity contribution < 1.29 is 17.9 Å². The van der Waals surface area contributed by atoms with Gasteiger partial charge in [0, 0.05) is 24.6 Å². The Balaban J connectivity index is 1.51. The van der Waals surface area contributed by atoms with E-state index in [1.165, 1.54) is 35.6 Å². The number of benzene rings is 3. The van der Waals surface area contributed by atoms with Crippen LogP contribution in [0.5, 0.6) is 5.75 Å². The summed E-state index contributed by atoms with van der Waals surface area (Å²) in [6.45, 7) is 0.533. The minimum atomic E-state index is -3.72. The standard InChI is InChI=1S/C23H22N2O4S/c1-25(18-7-3-2-4-8-18)30(27,28)19-13-11-17(12-14-19)23(26)24-21-15-16-29-22-10-6-5-9-20(21)22/h2-14,21H,15-16H2,1H3,(H,24,26)/t21-/m0/s1. The molecule has 1 aliphatic rings. The minimum absolute atomic E-state index is 0.127. The number of nitrogens with one attached hydrogen (secondary N) is 1. The van der Waals surface area contributed by atoms with Crippen LogP contribution in [0.25, 0.3) is 0 Å². The molecule has 0 radical (unpaired) electrons. The number of hydrogen-bond acceptors (Lipinski definition) is 4. The van der Waals surface area contributed by atoms with Crippen LogP contribution in [-0.4, -0.2) is 28.0 Å². The van der Waals surface area contributed by atoms with Gasteiger partial charge in [-0.2, -0.15) is 0 Å². The molecule has 6 nitrogen and oxygen atoms in total. The predicted molar refractivity (Wildman–Crippen MR) is 115 cm³/mol. The zero-order valence-electron chi connectivity index (χ0n) is 16.5. The lowest BCUT2D eigenvalue weighted by Gasteiger charge is -2.26. The average Bonchev–Trinajstić information content (AvgIpc) is 2.79. The molecule has 0 saturated heterocycles. The molecule has 0 aliphatic carbocycles. The van der Waals surface area contributed by atoms with Gasteiger partial charge in [-0.15, -0.1) is 0 Å². The molecule has 3 aromatic carbocycles. The van der Waals surface area contributed by atoms with E-state index < -0.39 is 10.0 Å². The third kappa shape index (κ3) is 3.89. The summed E-state index contributed by atoms with van der Waals surface area (Å²) in [6, 6.07) is 22.3. The van der Waals surface area contributed by atoms with Crippen molar-refractivity contribution in [2.24, 2.45) is 0 Å². The largest absolute Gasteiger partial charge is 0.493 e. The number of hydrogen-bond donors (Lipinski definition) is 1. The maximum atomic E-state index is 12.9. The highest BCUT2D eigenvalue weighted by molar-refractivity contribution is 7.92. The first-order valence-electron chi connectivity index (χ1n) is 9.63. The fourth-order valence-corrected chi connectivity index (χ4v) is 4.64. The molecule has 1 atom stereocenters. The lowest BCUT2D eigenvalue weighted by atomic mass is 10.00. The van der Waals surface area contributed by atoms with Crippen molar-refractivity contribution in [2.45, 2.75) is 17.4 Å². The average molecular weight is 423 g/mol. The molecule has 1 N–H and O–H groups in total. The summed E-state index contributed by atoms with van der Waals surface area (Å²) < 4.78 is 32.6. The van der Waals surface area contributed by atoms with Gasteiger partial charge in [-0.05, 0) is 42.5 Å². The van der Waals surface area contributed by atoms with E-state index in [1.807, 2.05) is 30.3 Å². The number of anilines is 1. The van der Waals surface area contributed by atoms with Gasteiger partial charge in [0.15, 0.2) is 0 Å². The third-order valence-electron chi connectivity index (χ3n) is 5.16. The van der Waals surface area contributed by atoms with Crippen molar-refractivity contribution in [3.05, 3.63) is 90.0 Å². The van der Waals surface area contributed by atoms with Crippen LogP contribution in [0, 0.1) is 0 Å². The van der Waals surface area contributed by atoms with Crippen molar-refractivity contribution >= 4 is 21.6 Å². The van der Waals surface area contributed by atoms with Crippen LogP contribution in [0.3, 0.4) is 0 Å². The van der Waals surface area contributed by atoms with Crippen LogP contribution >= 0.6 is 0 Å². The van der Waals surface area contributed by atoms with E-state index in [4.69, 9.17) is 4.74 Å². The van der Waals surface area contributed by atoms with Crippen LogP contribution in [0.2, 0.25) is 0 Å². The van der Waals surface area contributed by atoms with E-state index in [0.717, 1.165) is 11.3 Å². The molecule has 1 heterocycles. The Morgan fingerprint density at radius 3 is 2.37 bits per heavy atom. The van der Waals surface area contributed by atoms with E-state index in [1.54, 1.807) is 24.3 Å². The molecule has 0 fully saturated rings. The highest BCUT2D eigenvalue weighted by atomic mass is 32.2. The van der Waals surface area contributed by atoms with E-state index in [9.17, 15) is 13.2 Å². The minimum Gasteiger partial charge on any atom is -0.493 e. The molecule has 7 heteroatoms. The van der Waals surface area contributed by atoms with Crippen LogP contribution in [0.4, 0.5) is 5.69 Å². The smallest absolute Gasteiger partial charge is 0.264 e. The Morgan fingerprint density at radius 2 is 1.63 bits per heavy atom. The molecule has 0 unspecified atom stereocenters. The second kappa shape index (κ2) is 8.20. The number of amides is 1. The quantitative estimate of drug-likeness (QED) is 0.679. The Bertz CT molecular complexity index is 1150. The Labute approximate surface area is 176 Å². The molecule has 30 heavy (non-hydrogen) atoms. The fourth-order valence-electron chi connectivity index (χ4n) is 3.45. The molecule has 0 aromatic heterocycles. The van der Waals surface area contributed by atoms with Crippen LogP contribution in [0.1, 0.15) is 28.4 Å². The summed E-state index contributed by atoms with van der Waals surface area (Å²) in [6.07, 6.45) is 0.678. The van der Waals surface area contributed by atoms with Crippen molar-refractivity contribution in [3.8, 4) is 5.75 Å². The van der Waals surface area contributed by atoms with Crippen molar-refractivity contribution in [1.29, 1.82) is 0 Å². The van der Waals surface area contributed by atoms with Crippen LogP contribution < -0.4 is 14.4 Å². The molecule has 0 spiro atoms. The van der Waals surface area contributed by atoms with Crippen LogP contribution in [-0.2, 0) is 10.0 Å². The van der Waals surface area contributed by atoms with Crippen molar-refractivity contribution in [3.63, 3.8) is 0 Å². The molecular formula is C23H22N2O4S. The number of nitrogens with zero attached hydrogens (tertiary/aromatic N) is 1. The number of carbonyl (C=O) groups excluding carboxylic acids is 1. The molecular weight excluding hydrogens is 400 g/mol. The van der Waals surface area contributed by atoms with Crippen molar-refractivity contribution in [2.75, 3.05) is 18.0 Å². The van der Waals surface area contributed by atoms with E-state index >= 15 is 0 Å². The van der Waals surface area contributed by atoms with Crippen molar-refractivity contribution in [1.82, 2.24) is 5.32 Å². The molecule has 0 bridgehead atoms. The van der Waals surface area contributed by atoms with E-state index in [2.05, 4.69) is 5.32 Å². The van der Waals surface area contributed by atoms with Gasteiger partial charge >= 0.3 is 0 Å². The maximum absolute atomic E-state index is 12.9. The first kappa shape index (κ1) is 20.0. The molecule has 1 amide bonds. The van der Waals surface area contributed by atoms with Gasteiger partial charge in [0.05, 0.1) is 23.2 Å². The highest BCUT2D eigenvalue weighted by Gasteiger charge is 2.24. The van der Waals surface area contributed by atoms with Gasteiger partial charge in [0.1, 0.15) is 5.75 Å². The number of sulfonamides is 1. The molecule has 154 valence electrons.